The van der Waals surface area contributed by atoms with Gasteiger partial charge in [-0.3, -0.25) is 9.59 Å². The molecule has 2 fully saturated rings. The van der Waals surface area contributed by atoms with Crippen molar-refractivity contribution in [2.24, 2.45) is 23.5 Å². The Bertz CT molecular complexity index is 1680. The Hall–Kier alpha value is -2.44. The molecule has 0 spiro atoms. The second-order valence-electron chi connectivity index (χ2n) is 17.6. The van der Waals surface area contributed by atoms with Gasteiger partial charge in [0.1, 0.15) is 18.1 Å². The van der Waals surface area contributed by atoms with Crippen LogP contribution in [0.25, 0.3) is 0 Å². The molecular weight excluding hydrogens is 873 g/mol. The molecule has 370 valence electrons. The number of esters is 1. The predicted molar refractivity (Wildman–Crippen MR) is 238 cm³/mol. The van der Waals surface area contributed by atoms with Crippen molar-refractivity contribution in [2.45, 2.75) is 177 Å². The van der Waals surface area contributed by atoms with Crippen LogP contribution >= 0.6 is 0 Å². The van der Waals surface area contributed by atoms with E-state index in [-0.39, 0.29) is 62.6 Å². The summed E-state index contributed by atoms with van der Waals surface area (Å²) in [5.74, 6) is -6.83. The Balaban J connectivity index is 0.0000112. The molecule has 6 unspecified atom stereocenters. The number of carboxylic acids is 1. The number of cyclic esters (lactones) is 1. The van der Waals surface area contributed by atoms with E-state index in [1.807, 2.05) is 19.1 Å². The van der Waals surface area contributed by atoms with Gasteiger partial charge >= 0.3 is 41.5 Å². The van der Waals surface area contributed by atoms with Gasteiger partial charge < -0.3 is 82.3 Å². The standard InChI is InChI=1S/C47H73NO17.Na.H/c1-27-17-15-13-11-9-7-5-6-8-10-12-14-16-18-34(64-46-44(58)41(48)43(57)30(4)63-46)24-38-40(45(59)60)37(54)26-47(61,65-38)25-33(51)22-36(53)35(52)20-19-31(49)21-32(50)23-39(55)62-29(3)28(2)42(27)56;;/h5-18,27-38,40-44,46,49-54,56-58,61H,19-26,48H2,1-4H3,(H,59,60);;/q;+1;-1/b6-5+,9-7+,10-8+,13-11+,14-12+,17-15+,18-16+;;/t27-,28-,29?,30?,31+,32+,33-,34-,35+,36+,37-,38-,40+,41?,42+,43?,44?,46?,47+;;/m0../s1. The molecule has 2 bridgehead atoms. The van der Waals surface area contributed by atoms with E-state index in [4.69, 9.17) is 24.7 Å². The number of carboxylic acid groups (broad SMARTS) is 1. The number of hydrogen-bond donors (Lipinski definition) is 12. The van der Waals surface area contributed by atoms with Crippen LogP contribution in [-0.4, -0.2) is 166 Å². The first-order chi connectivity index (χ1) is 30.6. The van der Waals surface area contributed by atoms with Gasteiger partial charge in [0.15, 0.2) is 12.1 Å². The third kappa shape index (κ3) is 19.9. The first-order valence-electron chi connectivity index (χ1n) is 22.3. The second kappa shape index (κ2) is 29.6. The minimum Gasteiger partial charge on any atom is -1.00 e. The number of carbonyl (C=O) groups is 2. The summed E-state index contributed by atoms with van der Waals surface area (Å²) in [7, 11) is 0. The van der Waals surface area contributed by atoms with Crippen LogP contribution in [0, 0.1) is 17.8 Å². The van der Waals surface area contributed by atoms with Crippen molar-refractivity contribution in [3.05, 3.63) is 85.1 Å². The molecule has 66 heavy (non-hydrogen) atoms. The zero-order chi connectivity index (χ0) is 48.4. The van der Waals surface area contributed by atoms with Crippen molar-refractivity contribution in [1.82, 2.24) is 0 Å². The fraction of sp³-hybridized carbons (Fsp3) is 0.660. The van der Waals surface area contributed by atoms with Gasteiger partial charge in [-0.15, -0.1) is 0 Å². The number of aliphatic hydroxyl groups is 10. The fourth-order valence-electron chi connectivity index (χ4n) is 7.97. The number of carbonyl (C=O) groups excluding carboxylic acids is 1. The maximum Gasteiger partial charge on any atom is 1.00 e. The third-order valence-electron chi connectivity index (χ3n) is 12.0. The van der Waals surface area contributed by atoms with Crippen LogP contribution in [0.3, 0.4) is 0 Å². The van der Waals surface area contributed by atoms with Crippen molar-refractivity contribution >= 4 is 11.9 Å². The van der Waals surface area contributed by atoms with Gasteiger partial charge in [-0.2, -0.15) is 0 Å². The molecule has 0 radical (unpaired) electrons. The van der Waals surface area contributed by atoms with Crippen LogP contribution in [-0.2, 0) is 28.5 Å². The molecule has 0 amide bonds. The molecule has 0 aromatic carbocycles. The van der Waals surface area contributed by atoms with E-state index in [1.54, 1.807) is 80.7 Å². The fourth-order valence-corrected chi connectivity index (χ4v) is 7.97. The van der Waals surface area contributed by atoms with Crippen LogP contribution in [0.2, 0.25) is 0 Å². The number of nitrogens with two attached hydrogens (primary N) is 1. The molecule has 3 aliphatic heterocycles. The van der Waals surface area contributed by atoms with Gasteiger partial charge in [0.25, 0.3) is 0 Å². The summed E-state index contributed by atoms with van der Waals surface area (Å²) in [6, 6.07) is -1.15. The summed E-state index contributed by atoms with van der Waals surface area (Å²) in [5, 5.41) is 118. The van der Waals surface area contributed by atoms with Crippen LogP contribution < -0.4 is 35.3 Å². The average molecular weight is 948 g/mol. The van der Waals surface area contributed by atoms with Crippen LogP contribution in [0.15, 0.2) is 85.1 Å². The maximum atomic E-state index is 12.6. The summed E-state index contributed by atoms with van der Waals surface area (Å²) in [6.45, 7) is 6.74. The minimum atomic E-state index is -2.33. The first-order valence-corrected chi connectivity index (χ1v) is 22.3. The number of aliphatic hydroxyl groups excluding tert-OH is 9. The normalized spacial score (nSPS) is 44.8. The molecular formula is C47H74NNaO17. The Morgan fingerprint density at radius 3 is 1.82 bits per heavy atom. The predicted octanol–water partition coefficient (Wildman–Crippen LogP) is -2.17. The summed E-state index contributed by atoms with van der Waals surface area (Å²) in [4.78, 5) is 25.1. The van der Waals surface area contributed by atoms with E-state index in [9.17, 15) is 65.8 Å². The number of ether oxygens (including phenoxy) is 4. The SMILES string of the molecule is CC1OC(O[C@H]2/C=C/C=C/C=C/C=C/C=C/C=C/C=C/[C@H](C)[C@@H](O)[C@@H](C)C(C)OC(=O)C[C@H](O)C[C@H](O)CC[C@@H](O)[C@H](O)C[C@H](O)C[C@]3(O)C[C@H](O)[C@@H](C(=O)O)[C@H](C2)O3)C(O)C(N)C1O.[H-].[Na+]. The molecule has 0 aliphatic carbocycles. The molecule has 19 atom stereocenters. The number of rotatable bonds is 3. The van der Waals surface area contributed by atoms with Gasteiger partial charge in [-0.25, -0.2) is 0 Å². The minimum absolute atomic E-state index is 0. The average Bonchev–Trinajstić information content (AvgIpc) is 3.21. The number of hydrogen-bond acceptors (Lipinski definition) is 17. The largest absolute Gasteiger partial charge is 1.00 e. The molecule has 3 heterocycles. The van der Waals surface area contributed by atoms with Gasteiger partial charge in [0.05, 0.1) is 79.6 Å². The summed E-state index contributed by atoms with van der Waals surface area (Å²) in [6.07, 6.45) is 3.46. The van der Waals surface area contributed by atoms with Crippen molar-refractivity contribution in [2.75, 3.05) is 0 Å². The van der Waals surface area contributed by atoms with E-state index in [0.717, 1.165) is 0 Å². The Labute approximate surface area is 410 Å². The molecule has 3 rings (SSSR count). The van der Waals surface area contributed by atoms with E-state index >= 15 is 0 Å². The Morgan fingerprint density at radius 1 is 0.682 bits per heavy atom. The molecule has 0 aromatic heterocycles. The van der Waals surface area contributed by atoms with Crippen molar-refractivity contribution in [1.29, 1.82) is 0 Å². The molecule has 0 saturated carbocycles. The monoisotopic (exact) mass is 947 g/mol. The topological polar surface area (TPSA) is 320 Å². The van der Waals surface area contributed by atoms with Gasteiger partial charge in [-0.1, -0.05) is 98.9 Å². The van der Waals surface area contributed by atoms with Crippen LogP contribution in [0.5, 0.6) is 0 Å². The van der Waals surface area contributed by atoms with Crippen LogP contribution in [0.1, 0.15) is 80.5 Å². The number of aliphatic carboxylic acids is 1. The molecule has 3 aliphatic rings. The third-order valence-corrected chi connectivity index (χ3v) is 12.0. The summed E-state index contributed by atoms with van der Waals surface area (Å²) >= 11 is 0. The van der Waals surface area contributed by atoms with Crippen LogP contribution in [0.4, 0.5) is 0 Å². The van der Waals surface area contributed by atoms with E-state index in [0.29, 0.717) is 0 Å². The second-order valence-corrected chi connectivity index (χ2v) is 17.6. The van der Waals surface area contributed by atoms with E-state index in [1.165, 1.54) is 13.0 Å². The number of allylic oxidation sites excluding steroid dienone is 12. The van der Waals surface area contributed by atoms with Gasteiger partial charge in [0, 0.05) is 37.5 Å². The van der Waals surface area contributed by atoms with Crippen molar-refractivity contribution < 1.29 is 116 Å². The molecule has 18 nitrogen and oxygen atoms in total. The summed E-state index contributed by atoms with van der Waals surface area (Å²) < 4.78 is 23.1. The quantitative estimate of drug-likeness (QED) is 0.106. The summed E-state index contributed by atoms with van der Waals surface area (Å²) in [5.41, 5.74) is 6.02. The van der Waals surface area contributed by atoms with Crippen molar-refractivity contribution in [3.8, 4) is 0 Å². The van der Waals surface area contributed by atoms with Gasteiger partial charge in [-0.05, 0) is 33.1 Å². The smallest absolute Gasteiger partial charge is 1.00 e. The molecule has 0 aromatic rings. The maximum absolute atomic E-state index is 12.6. The zero-order valence-electron chi connectivity index (χ0n) is 39.6. The van der Waals surface area contributed by atoms with Crippen molar-refractivity contribution in [3.63, 3.8) is 0 Å². The molecule has 2 saturated heterocycles. The molecule has 19 heteroatoms. The number of fused-ring (bicyclic) bond motifs is 2. The van der Waals surface area contributed by atoms with E-state index < -0.39 is 147 Å². The van der Waals surface area contributed by atoms with E-state index in [2.05, 4.69) is 0 Å². The zero-order valence-corrected chi connectivity index (χ0v) is 40.6. The first kappa shape index (κ1) is 59.7. The Morgan fingerprint density at radius 2 is 1.24 bits per heavy atom. The van der Waals surface area contributed by atoms with Gasteiger partial charge in [0.2, 0.25) is 0 Å². The Kier molecular flexibility index (Phi) is 26.7. The molecule has 13 N–H and O–H groups in total.